The largest absolute Gasteiger partial charge is 0.493 e. The van der Waals surface area contributed by atoms with E-state index in [1.165, 1.54) is 11.8 Å². The molecule has 0 aliphatic rings. The molecule has 2 nitrogen and oxygen atoms in total. The van der Waals surface area contributed by atoms with Crippen molar-refractivity contribution in [1.29, 1.82) is 0 Å². The number of thioether (sulfide) groups is 1. The normalized spacial score (nSPS) is 10.0. The van der Waals surface area contributed by atoms with Crippen molar-refractivity contribution in [3.05, 3.63) is 29.8 Å². The molecule has 3 heteroatoms. The summed E-state index contributed by atoms with van der Waals surface area (Å²) in [6.07, 6.45) is 0.986. The Balaban J connectivity index is 2.53. The first-order valence-corrected chi connectivity index (χ1v) is 5.98. The highest BCUT2D eigenvalue weighted by atomic mass is 32.2. The summed E-state index contributed by atoms with van der Waals surface area (Å²) in [7, 11) is 0. The van der Waals surface area contributed by atoms with E-state index in [-0.39, 0.29) is 5.12 Å². The number of hydrogen-bond acceptors (Lipinski definition) is 3. The van der Waals surface area contributed by atoms with E-state index in [2.05, 4.69) is 13.0 Å². The third kappa shape index (κ3) is 4.88. The van der Waals surface area contributed by atoms with Crippen molar-refractivity contribution in [2.75, 3.05) is 6.61 Å². The average Bonchev–Trinajstić information content (AvgIpc) is 2.24. The second-order valence-electron chi connectivity index (χ2n) is 3.17. The summed E-state index contributed by atoms with van der Waals surface area (Å²) in [5.41, 5.74) is 1.00. The summed E-state index contributed by atoms with van der Waals surface area (Å²) in [5.74, 6) is 1.43. The third-order valence-corrected chi connectivity index (χ3v) is 2.58. The van der Waals surface area contributed by atoms with Gasteiger partial charge in [-0.2, -0.15) is 0 Å². The minimum absolute atomic E-state index is 0.128. The zero-order chi connectivity index (χ0) is 11.1. The molecule has 0 bridgehead atoms. The Bertz CT molecular complexity index is 323. The lowest BCUT2D eigenvalue weighted by atomic mass is 10.2. The number of benzene rings is 1. The van der Waals surface area contributed by atoms with Crippen LogP contribution in [0.5, 0.6) is 5.75 Å². The Labute approximate surface area is 95.0 Å². The predicted octanol–water partition coefficient (Wildman–Crippen LogP) is 3.06. The topological polar surface area (TPSA) is 26.3 Å². The molecule has 81 valence electrons. The zero-order valence-electron chi connectivity index (χ0n) is 9.08. The SMILES string of the molecule is CCCOc1[c]c(CSC(C)=O)ccc1. The van der Waals surface area contributed by atoms with Gasteiger partial charge in [0, 0.05) is 18.7 Å². The van der Waals surface area contributed by atoms with Crippen LogP contribution in [0.1, 0.15) is 25.8 Å². The number of rotatable bonds is 5. The lowest BCUT2D eigenvalue weighted by Crippen LogP contribution is -1.95. The molecule has 0 aromatic heterocycles. The van der Waals surface area contributed by atoms with Crippen LogP contribution in [0.4, 0.5) is 0 Å². The summed E-state index contributed by atoms with van der Waals surface area (Å²) in [6.45, 7) is 4.34. The maximum absolute atomic E-state index is 10.8. The summed E-state index contributed by atoms with van der Waals surface area (Å²) >= 11 is 1.29. The standard InChI is InChI=1S/C12H15O2S/c1-3-7-14-12-6-4-5-11(8-12)9-15-10(2)13/h4-6H,3,7,9H2,1-2H3. The second kappa shape index (κ2) is 6.51. The van der Waals surface area contributed by atoms with E-state index in [1.807, 2.05) is 18.2 Å². The molecular formula is C12H15O2S. The molecule has 0 saturated heterocycles. The smallest absolute Gasteiger partial charge is 0.186 e. The molecule has 0 saturated carbocycles. The van der Waals surface area contributed by atoms with Gasteiger partial charge in [0.1, 0.15) is 5.75 Å². The van der Waals surface area contributed by atoms with Crippen LogP contribution < -0.4 is 4.74 Å². The molecule has 1 rings (SSSR count). The Morgan fingerprint density at radius 1 is 1.53 bits per heavy atom. The minimum Gasteiger partial charge on any atom is -0.493 e. The Morgan fingerprint density at radius 2 is 2.33 bits per heavy atom. The highest BCUT2D eigenvalue weighted by Crippen LogP contribution is 2.17. The molecule has 1 aromatic carbocycles. The third-order valence-electron chi connectivity index (χ3n) is 1.72. The van der Waals surface area contributed by atoms with Crippen molar-refractivity contribution in [3.8, 4) is 5.75 Å². The fourth-order valence-electron chi connectivity index (χ4n) is 1.05. The number of carbonyl (C=O) groups is 1. The molecule has 0 heterocycles. The zero-order valence-corrected chi connectivity index (χ0v) is 9.89. The highest BCUT2D eigenvalue weighted by molar-refractivity contribution is 8.12. The molecule has 0 aliphatic heterocycles. The minimum atomic E-state index is 0.128. The van der Waals surface area contributed by atoms with Crippen LogP contribution in [0, 0.1) is 6.07 Å². The summed E-state index contributed by atoms with van der Waals surface area (Å²) in [4.78, 5) is 10.8. The highest BCUT2D eigenvalue weighted by Gasteiger charge is 2.00. The van der Waals surface area contributed by atoms with Crippen molar-refractivity contribution in [1.82, 2.24) is 0 Å². The van der Waals surface area contributed by atoms with Gasteiger partial charge in [0.2, 0.25) is 0 Å². The van der Waals surface area contributed by atoms with Gasteiger partial charge in [0.25, 0.3) is 0 Å². The van der Waals surface area contributed by atoms with Crippen molar-refractivity contribution < 1.29 is 9.53 Å². The lowest BCUT2D eigenvalue weighted by Gasteiger charge is -2.05. The van der Waals surface area contributed by atoms with Gasteiger partial charge in [0.15, 0.2) is 5.12 Å². The molecule has 0 unspecified atom stereocenters. The van der Waals surface area contributed by atoms with Gasteiger partial charge in [-0.15, -0.1) is 0 Å². The van der Waals surface area contributed by atoms with Crippen LogP contribution >= 0.6 is 11.8 Å². The Hall–Kier alpha value is -0.960. The molecule has 0 aliphatic carbocycles. The van der Waals surface area contributed by atoms with Crippen LogP contribution in [0.3, 0.4) is 0 Å². The fourth-order valence-corrected chi connectivity index (χ4v) is 1.58. The Morgan fingerprint density at radius 3 is 3.00 bits per heavy atom. The van der Waals surface area contributed by atoms with E-state index >= 15 is 0 Å². The van der Waals surface area contributed by atoms with E-state index in [9.17, 15) is 4.79 Å². The summed E-state index contributed by atoms with van der Waals surface area (Å²) < 4.78 is 5.45. The number of ether oxygens (including phenoxy) is 1. The Kier molecular flexibility index (Phi) is 5.26. The number of hydrogen-bond donors (Lipinski definition) is 0. The van der Waals surface area contributed by atoms with Gasteiger partial charge >= 0.3 is 0 Å². The lowest BCUT2D eigenvalue weighted by molar-refractivity contribution is -0.109. The van der Waals surface area contributed by atoms with E-state index in [4.69, 9.17) is 4.74 Å². The van der Waals surface area contributed by atoms with Crippen molar-refractivity contribution in [3.63, 3.8) is 0 Å². The molecule has 0 amide bonds. The van der Waals surface area contributed by atoms with Gasteiger partial charge < -0.3 is 4.74 Å². The molecule has 0 atom stereocenters. The van der Waals surface area contributed by atoms with Crippen LogP contribution in [-0.4, -0.2) is 11.7 Å². The van der Waals surface area contributed by atoms with E-state index < -0.39 is 0 Å². The maximum atomic E-state index is 10.8. The molecule has 1 radical (unpaired) electrons. The van der Waals surface area contributed by atoms with Gasteiger partial charge in [-0.05, 0) is 18.1 Å². The second-order valence-corrected chi connectivity index (χ2v) is 4.32. The summed E-state index contributed by atoms with van der Waals surface area (Å²) in [5, 5.41) is 0.128. The van der Waals surface area contributed by atoms with Crippen LogP contribution in [0.2, 0.25) is 0 Å². The molecule has 1 aromatic rings. The molecule has 0 spiro atoms. The number of carbonyl (C=O) groups excluding carboxylic acids is 1. The fraction of sp³-hybridized carbons (Fsp3) is 0.417. The van der Waals surface area contributed by atoms with Crippen molar-refractivity contribution in [2.45, 2.75) is 26.0 Å². The first-order chi connectivity index (χ1) is 7.22. The van der Waals surface area contributed by atoms with Gasteiger partial charge in [0.05, 0.1) is 6.61 Å². The van der Waals surface area contributed by atoms with E-state index in [0.717, 1.165) is 17.7 Å². The van der Waals surface area contributed by atoms with Crippen LogP contribution in [0.25, 0.3) is 0 Å². The first kappa shape index (κ1) is 12.1. The molecule has 0 fully saturated rings. The van der Waals surface area contributed by atoms with Crippen LogP contribution in [-0.2, 0) is 10.5 Å². The average molecular weight is 223 g/mol. The monoisotopic (exact) mass is 223 g/mol. The quantitative estimate of drug-likeness (QED) is 0.767. The first-order valence-electron chi connectivity index (χ1n) is 4.99. The van der Waals surface area contributed by atoms with Gasteiger partial charge in [-0.3, -0.25) is 4.79 Å². The van der Waals surface area contributed by atoms with E-state index in [0.29, 0.717) is 12.4 Å². The summed E-state index contributed by atoms with van der Waals surface area (Å²) in [6, 6.07) is 8.91. The maximum Gasteiger partial charge on any atom is 0.186 e. The van der Waals surface area contributed by atoms with E-state index in [1.54, 1.807) is 6.92 Å². The van der Waals surface area contributed by atoms with Crippen LogP contribution in [0.15, 0.2) is 18.2 Å². The van der Waals surface area contributed by atoms with Gasteiger partial charge in [-0.1, -0.05) is 30.8 Å². The molecular weight excluding hydrogens is 208 g/mol. The predicted molar refractivity (Wildman–Crippen MR) is 63.0 cm³/mol. The molecule has 0 N–H and O–H groups in total. The van der Waals surface area contributed by atoms with Gasteiger partial charge in [-0.25, -0.2) is 0 Å². The molecule has 15 heavy (non-hydrogen) atoms. The van der Waals surface area contributed by atoms with Crippen molar-refractivity contribution in [2.24, 2.45) is 0 Å². The van der Waals surface area contributed by atoms with Crippen molar-refractivity contribution >= 4 is 16.9 Å².